The summed E-state index contributed by atoms with van der Waals surface area (Å²) in [5.74, 6) is -2.85. The number of alkyl halides is 3. The van der Waals surface area contributed by atoms with Crippen LogP contribution >= 0.6 is 0 Å². The number of carbonyl (C=O) groups is 2. The molecule has 5 rings (SSSR count). The first-order valence-electron chi connectivity index (χ1n) is 11.9. The predicted molar refractivity (Wildman–Crippen MR) is 138 cm³/mol. The second-order valence-electron chi connectivity index (χ2n) is 8.45. The smallest absolute Gasteiger partial charge is 0.475 e. The van der Waals surface area contributed by atoms with Crippen LogP contribution in [0.4, 0.5) is 13.2 Å². The number of amides is 1. The Morgan fingerprint density at radius 2 is 1.67 bits per heavy atom. The van der Waals surface area contributed by atoms with E-state index in [0.29, 0.717) is 18.5 Å². The first-order chi connectivity index (χ1) is 18.7. The van der Waals surface area contributed by atoms with E-state index in [9.17, 15) is 18.0 Å². The van der Waals surface area contributed by atoms with Crippen molar-refractivity contribution in [1.29, 1.82) is 0 Å². The van der Waals surface area contributed by atoms with Crippen LogP contribution in [-0.2, 0) is 17.8 Å². The Kier molecular flexibility index (Phi) is 8.40. The van der Waals surface area contributed by atoms with Crippen molar-refractivity contribution >= 4 is 17.4 Å². The van der Waals surface area contributed by atoms with Crippen LogP contribution < -0.4 is 5.32 Å². The molecular formula is C28H24F3N5O3. The summed E-state index contributed by atoms with van der Waals surface area (Å²) in [5, 5.41) is 10.1. The highest BCUT2D eigenvalue weighted by Crippen LogP contribution is 2.25. The van der Waals surface area contributed by atoms with Crippen molar-refractivity contribution in [2.24, 2.45) is 0 Å². The fourth-order valence-corrected chi connectivity index (χ4v) is 3.85. The molecule has 1 aromatic carbocycles. The monoisotopic (exact) mass is 535 g/mol. The fraction of sp³-hybridized carbons (Fsp3) is 0.143. The number of nitrogens with one attached hydrogen (secondary N) is 1. The molecule has 0 aliphatic heterocycles. The maximum Gasteiger partial charge on any atom is 0.490 e. The summed E-state index contributed by atoms with van der Waals surface area (Å²) in [6, 6.07) is 23.9. The Bertz CT molecular complexity index is 1550. The van der Waals surface area contributed by atoms with Gasteiger partial charge in [-0.3, -0.25) is 9.78 Å². The number of fused-ring (bicyclic) bond motifs is 1. The lowest BCUT2D eigenvalue weighted by atomic mass is 10.2. The number of aliphatic carboxylic acids is 1. The van der Waals surface area contributed by atoms with E-state index in [1.165, 1.54) is 5.56 Å². The summed E-state index contributed by atoms with van der Waals surface area (Å²) >= 11 is 0. The minimum atomic E-state index is -5.08. The van der Waals surface area contributed by atoms with Gasteiger partial charge in [0.05, 0.1) is 23.1 Å². The Morgan fingerprint density at radius 3 is 2.36 bits per heavy atom. The van der Waals surface area contributed by atoms with Crippen LogP contribution in [0, 0.1) is 0 Å². The van der Waals surface area contributed by atoms with Gasteiger partial charge in [0.25, 0.3) is 5.91 Å². The number of aromatic nitrogens is 4. The van der Waals surface area contributed by atoms with Crippen LogP contribution in [0.5, 0.6) is 0 Å². The number of benzene rings is 1. The minimum Gasteiger partial charge on any atom is -0.475 e. The third-order valence-electron chi connectivity index (χ3n) is 5.66. The highest BCUT2D eigenvalue weighted by Gasteiger charge is 2.38. The van der Waals surface area contributed by atoms with Gasteiger partial charge in [-0.15, -0.1) is 0 Å². The van der Waals surface area contributed by atoms with Gasteiger partial charge >= 0.3 is 12.1 Å². The summed E-state index contributed by atoms with van der Waals surface area (Å²) in [4.78, 5) is 30.8. The van der Waals surface area contributed by atoms with Crippen molar-refractivity contribution in [2.45, 2.75) is 19.1 Å². The molecular weight excluding hydrogens is 511 g/mol. The first kappa shape index (κ1) is 27.1. The van der Waals surface area contributed by atoms with Crippen molar-refractivity contribution in [1.82, 2.24) is 24.3 Å². The molecule has 0 spiro atoms. The third-order valence-corrected chi connectivity index (χ3v) is 5.66. The average molecular weight is 536 g/mol. The standard InChI is InChI=1S/C26H23N5O.C2HF3O2/c32-26(28-14-12-21-10-4-6-13-27-21)22-16-25(31-15-7-5-11-24(22)31)23-18-30(19-29-23)17-20-8-2-1-3-9-20;3-2(4,5)1(6)7/h1-11,13,15-16,18-19H,12,14,17H2,(H,28,32);(H,6,7). The number of carboxylic acids is 1. The van der Waals surface area contributed by atoms with Gasteiger partial charge in [0.15, 0.2) is 0 Å². The van der Waals surface area contributed by atoms with Crippen molar-refractivity contribution in [3.8, 4) is 11.4 Å². The Labute approximate surface area is 221 Å². The Hall–Kier alpha value is -4.93. The maximum atomic E-state index is 13.0. The normalized spacial score (nSPS) is 11.1. The zero-order valence-electron chi connectivity index (χ0n) is 20.5. The van der Waals surface area contributed by atoms with Crippen molar-refractivity contribution in [3.63, 3.8) is 0 Å². The van der Waals surface area contributed by atoms with Gasteiger partial charge in [-0.25, -0.2) is 9.78 Å². The molecule has 0 radical (unpaired) electrons. The minimum absolute atomic E-state index is 0.0976. The Balaban J connectivity index is 0.000000448. The zero-order valence-corrected chi connectivity index (χ0v) is 20.5. The van der Waals surface area contributed by atoms with Gasteiger partial charge in [-0.1, -0.05) is 42.5 Å². The van der Waals surface area contributed by atoms with Crippen LogP contribution in [0.2, 0.25) is 0 Å². The predicted octanol–water partition coefficient (Wildman–Crippen LogP) is 4.85. The second kappa shape index (κ2) is 12.1. The number of imidazole rings is 1. The molecule has 4 aromatic heterocycles. The molecule has 0 aliphatic carbocycles. The average Bonchev–Trinajstić information content (AvgIpc) is 3.54. The quantitative estimate of drug-likeness (QED) is 0.310. The molecule has 0 saturated carbocycles. The van der Waals surface area contributed by atoms with E-state index < -0.39 is 12.1 Å². The molecule has 5 aromatic rings. The number of hydrogen-bond donors (Lipinski definition) is 2. The largest absolute Gasteiger partial charge is 0.490 e. The van der Waals surface area contributed by atoms with E-state index in [4.69, 9.17) is 9.90 Å². The summed E-state index contributed by atoms with van der Waals surface area (Å²) in [7, 11) is 0. The molecule has 0 bridgehead atoms. The maximum absolute atomic E-state index is 13.0. The lowest BCUT2D eigenvalue weighted by Crippen LogP contribution is -2.25. The molecule has 4 heterocycles. The van der Waals surface area contributed by atoms with Crippen LogP contribution in [-0.4, -0.2) is 48.6 Å². The van der Waals surface area contributed by atoms with Crippen LogP contribution in [0.1, 0.15) is 21.6 Å². The topological polar surface area (TPSA) is 102 Å². The highest BCUT2D eigenvalue weighted by atomic mass is 19.4. The molecule has 0 fully saturated rings. The summed E-state index contributed by atoms with van der Waals surface area (Å²) in [5.41, 5.74) is 5.38. The summed E-state index contributed by atoms with van der Waals surface area (Å²) < 4.78 is 35.8. The number of nitrogens with zero attached hydrogens (tertiary/aromatic N) is 4. The molecule has 0 saturated heterocycles. The van der Waals surface area contributed by atoms with E-state index in [1.54, 1.807) is 6.20 Å². The van der Waals surface area contributed by atoms with Crippen molar-refractivity contribution < 1.29 is 27.9 Å². The second-order valence-corrected chi connectivity index (χ2v) is 8.45. The number of carbonyl (C=O) groups excluding carboxylic acids is 1. The van der Waals surface area contributed by atoms with Gasteiger partial charge < -0.3 is 19.4 Å². The van der Waals surface area contributed by atoms with Crippen molar-refractivity contribution in [3.05, 3.63) is 115 Å². The van der Waals surface area contributed by atoms with E-state index in [1.807, 2.05) is 83.8 Å². The molecule has 0 unspecified atom stereocenters. The molecule has 39 heavy (non-hydrogen) atoms. The van der Waals surface area contributed by atoms with E-state index >= 15 is 0 Å². The third kappa shape index (κ3) is 7.10. The SMILES string of the molecule is O=C(NCCc1ccccn1)c1cc(-c2cn(Cc3ccccc3)cn2)n2ccccc12.O=C(O)C(F)(F)F. The van der Waals surface area contributed by atoms with Gasteiger partial charge in [0.2, 0.25) is 0 Å². The van der Waals surface area contributed by atoms with Crippen LogP contribution in [0.3, 0.4) is 0 Å². The van der Waals surface area contributed by atoms with Gasteiger partial charge in [-0.05, 0) is 35.9 Å². The number of rotatable bonds is 7. The lowest BCUT2D eigenvalue weighted by molar-refractivity contribution is -0.192. The van der Waals surface area contributed by atoms with Gasteiger partial charge in [0, 0.05) is 43.8 Å². The summed E-state index contributed by atoms with van der Waals surface area (Å²) in [6.45, 7) is 1.28. The van der Waals surface area contributed by atoms with E-state index in [2.05, 4.69) is 32.0 Å². The molecule has 0 atom stereocenters. The van der Waals surface area contributed by atoms with E-state index in [-0.39, 0.29) is 5.91 Å². The molecule has 11 heteroatoms. The number of carboxylic acid groups (broad SMARTS) is 1. The molecule has 1 amide bonds. The zero-order chi connectivity index (χ0) is 27.8. The van der Waals surface area contributed by atoms with Crippen LogP contribution in [0.15, 0.2) is 97.7 Å². The fourth-order valence-electron chi connectivity index (χ4n) is 3.85. The summed E-state index contributed by atoms with van der Waals surface area (Å²) in [6.07, 6.45) is 3.18. The highest BCUT2D eigenvalue weighted by molar-refractivity contribution is 6.02. The number of pyridine rings is 2. The Morgan fingerprint density at radius 1 is 0.949 bits per heavy atom. The van der Waals surface area contributed by atoms with Crippen LogP contribution in [0.25, 0.3) is 16.9 Å². The molecule has 8 nitrogen and oxygen atoms in total. The van der Waals surface area contributed by atoms with Crippen molar-refractivity contribution in [2.75, 3.05) is 6.54 Å². The number of hydrogen-bond acceptors (Lipinski definition) is 4. The molecule has 0 aliphatic rings. The first-order valence-corrected chi connectivity index (χ1v) is 11.9. The lowest BCUT2D eigenvalue weighted by Gasteiger charge is -2.04. The van der Waals surface area contributed by atoms with Gasteiger partial charge in [-0.2, -0.15) is 13.2 Å². The molecule has 2 N–H and O–H groups in total. The van der Waals surface area contributed by atoms with Gasteiger partial charge in [0.1, 0.15) is 5.69 Å². The van der Waals surface area contributed by atoms with E-state index in [0.717, 1.165) is 29.1 Å². The number of halogens is 3. The molecule has 200 valence electrons.